The highest BCUT2D eigenvalue weighted by Gasteiger charge is 2.70. The highest BCUT2D eigenvalue weighted by molar-refractivity contribution is 6.04. The molecule has 5 aliphatic carbocycles. The molecule has 1 N–H and O–H groups in total. The second-order valence-electron chi connectivity index (χ2n) is 14.6. The molecule has 0 unspecified atom stereocenters. The molecular weight excluding hydrogens is 444 g/mol. The van der Waals surface area contributed by atoms with Crippen LogP contribution in [-0.4, -0.2) is 25.2 Å². The normalized spacial score (nSPS) is 49.5. The molecule has 0 aromatic heterocycles. The number of fused-ring (bicyclic) bond motifs is 7. The van der Waals surface area contributed by atoms with Crippen LogP contribution < -0.4 is 5.32 Å². The van der Waals surface area contributed by atoms with E-state index in [2.05, 4.69) is 53.1 Å². The minimum absolute atomic E-state index is 0.0314. The van der Waals surface area contributed by atoms with Crippen molar-refractivity contribution in [2.75, 3.05) is 13.6 Å². The standard InChI is InChI=1S/C32H46N2O2/c1-19-9-12-32(18-34-8)14-13-31(7)26(25(32)20(19)2)22(35)15-24-29(5)16-21(17-33)27(36)28(3,4)23(29)10-11-30(24,31)6/h15-16,19-20,23,25-26,34H,9-14,18H2,1-8H3/t19-,20+,23+,25+,26-,29+,30-,31-,32-/m1/s1. The van der Waals surface area contributed by atoms with E-state index in [1.807, 2.05) is 26.0 Å². The van der Waals surface area contributed by atoms with Crippen LogP contribution in [0.3, 0.4) is 0 Å². The quantitative estimate of drug-likeness (QED) is 0.494. The van der Waals surface area contributed by atoms with Crippen LogP contribution in [0.1, 0.15) is 87.0 Å². The van der Waals surface area contributed by atoms with Gasteiger partial charge in [-0.2, -0.15) is 5.26 Å². The van der Waals surface area contributed by atoms with Crippen molar-refractivity contribution in [3.63, 3.8) is 0 Å². The van der Waals surface area contributed by atoms with Gasteiger partial charge in [0.2, 0.25) is 0 Å². The van der Waals surface area contributed by atoms with Gasteiger partial charge in [0, 0.05) is 23.3 Å². The van der Waals surface area contributed by atoms with E-state index in [1.54, 1.807) is 0 Å². The summed E-state index contributed by atoms with van der Waals surface area (Å²) >= 11 is 0. The fraction of sp³-hybridized carbons (Fsp3) is 0.781. The molecule has 5 rings (SSSR count). The van der Waals surface area contributed by atoms with E-state index >= 15 is 0 Å². The molecule has 3 saturated carbocycles. The van der Waals surface area contributed by atoms with Gasteiger partial charge in [-0.3, -0.25) is 9.59 Å². The predicted molar refractivity (Wildman–Crippen MR) is 143 cm³/mol. The summed E-state index contributed by atoms with van der Waals surface area (Å²) in [5, 5.41) is 13.4. The molecule has 0 aromatic carbocycles. The Morgan fingerprint density at radius 3 is 2.36 bits per heavy atom. The van der Waals surface area contributed by atoms with Crippen LogP contribution in [0.5, 0.6) is 0 Å². The number of nitrogens with one attached hydrogen (secondary N) is 1. The number of Topliss-reactive ketones (excluding diaryl/α,β-unsaturated/α-hetero) is 1. The minimum Gasteiger partial charge on any atom is -0.319 e. The highest BCUT2D eigenvalue weighted by atomic mass is 16.1. The molecule has 5 aliphatic rings. The Kier molecular flexibility index (Phi) is 5.68. The number of hydrogen-bond acceptors (Lipinski definition) is 4. The first kappa shape index (κ1) is 25.9. The number of nitriles is 1. The van der Waals surface area contributed by atoms with E-state index in [9.17, 15) is 14.9 Å². The fourth-order valence-corrected chi connectivity index (χ4v) is 10.7. The molecule has 9 atom stereocenters. The van der Waals surface area contributed by atoms with Gasteiger partial charge in [-0.25, -0.2) is 0 Å². The number of ketones is 2. The summed E-state index contributed by atoms with van der Waals surface area (Å²) in [6.45, 7) is 16.9. The Balaban J connectivity index is 1.70. The van der Waals surface area contributed by atoms with Crippen molar-refractivity contribution >= 4 is 11.6 Å². The molecule has 0 bridgehead atoms. The zero-order valence-corrected chi connectivity index (χ0v) is 23.8. The number of nitrogens with zero attached hydrogens (tertiary/aromatic N) is 1. The Bertz CT molecular complexity index is 1110. The minimum atomic E-state index is -0.612. The first-order valence-corrected chi connectivity index (χ1v) is 14.3. The van der Waals surface area contributed by atoms with E-state index < -0.39 is 10.8 Å². The van der Waals surface area contributed by atoms with Crippen molar-refractivity contribution in [1.29, 1.82) is 5.26 Å². The van der Waals surface area contributed by atoms with E-state index in [0.717, 1.165) is 25.8 Å². The summed E-state index contributed by atoms with van der Waals surface area (Å²) in [4.78, 5) is 27.6. The molecule has 0 aliphatic heterocycles. The lowest BCUT2D eigenvalue weighted by molar-refractivity contribution is -0.175. The van der Waals surface area contributed by atoms with Crippen molar-refractivity contribution in [2.24, 2.45) is 56.7 Å². The number of rotatable bonds is 2. The van der Waals surface area contributed by atoms with Gasteiger partial charge >= 0.3 is 0 Å². The van der Waals surface area contributed by atoms with E-state index in [0.29, 0.717) is 23.5 Å². The summed E-state index contributed by atoms with van der Waals surface area (Å²) < 4.78 is 0. The van der Waals surface area contributed by atoms with Crippen molar-refractivity contribution in [2.45, 2.75) is 87.0 Å². The summed E-state index contributed by atoms with van der Waals surface area (Å²) in [5.74, 6) is 1.93. The molecule has 36 heavy (non-hydrogen) atoms. The van der Waals surface area contributed by atoms with Crippen LogP contribution in [0, 0.1) is 68.0 Å². The third-order valence-corrected chi connectivity index (χ3v) is 12.9. The van der Waals surface area contributed by atoms with Gasteiger partial charge in [0.15, 0.2) is 11.6 Å². The van der Waals surface area contributed by atoms with Gasteiger partial charge in [-0.1, -0.05) is 60.1 Å². The average molecular weight is 491 g/mol. The van der Waals surface area contributed by atoms with Gasteiger partial charge in [0.1, 0.15) is 6.07 Å². The van der Waals surface area contributed by atoms with Gasteiger partial charge in [0.05, 0.1) is 5.57 Å². The zero-order chi connectivity index (χ0) is 26.5. The monoisotopic (exact) mass is 490 g/mol. The van der Waals surface area contributed by atoms with Gasteiger partial charge in [-0.15, -0.1) is 0 Å². The van der Waals surface area contributed by atoms with E-state index in [1.165, 1.54) is 24.8 Å². The maximum absolute atomic E-state index is 14.4. The molecular formula is C32H46N2O2. The van der Waals surface area contributed by atoms with Crippen molar-refractivity contribution < 1.29 is 9.59 Å². The topological polar surface area (TPSA) is 70.0 Å². The molecule has 0 spiro atoms. The van der Waals surface area contributed by atoms with Crippen molar-refractivity contribution in [1.82, 2.24) is 5.32 Å². The highest BCUT2D eigenvalue weighted by Crippen LogP contribution is 2.74. The Labute approximate surface area is 218 Å². The summed E-state index contributed by atoms with van der Waals surface area (Å²) in [5.41, 5.74) is 0.342. The molecule has 3 fully saturated rings. The second kappa shape index (κ2) is 7.89. The maximum atomic E-state index is 14.4. The van der Waals surface area contributed by atoms with E-state index in [-0.39, 0.29) is 39.4 Å². The van der Waals surface area contributed by atoms with Crippen molar-refractivity contribution in [3.8, 4) is 6.07 Å². The lowest BCUT2D eigenvalue weighted by Gasteiger charge is -2.69. The third-order valence-electron chi connectivity index (χ3n) is 12.9. The van der Waals surface area contributed by atoms with Crippen LogP contribution in [0.4, 0.5) is 0 Å². The van der Waals surface area contributed by atoms with Gasteiger partial charge in [0.25, 0.3) is 0 Å². The predicted octanol–water partition coefficient (Wildman–Crippen LogP) is 6.28. The zero-order valence-electron chi connectivity index (χ0n) is 23.8. The molecule has 0 aromatic rings. The summed E-state index contributed by atoms with van der Waals surface area (Å²) in [7, 11) is 2.07. The van der Waals surface area contributed by atoms with Crippen LogP contribution in [0.2, 0.25) is 0 Å². The van der Waals surface area contributed by atoms with Crippen LogP contribution in [0.25, 0.3) is 0 Å². The van der Waals surface area contributed by atoms with E-state index in [4.69, 9.17) is 0 Å². The molecule has 4 nitrogen and oxygen atoms in total. The Morgan fingerprint density at radius 1 is 1.03 bits per heavy atom. The lowest BCUT2D eigenvalue weighted by Crippen LogP contribution is -2.66. The first-order valence-electron chi connectivity index (χ1n) is 14.3. The Hall–Kier alpha value is -1.73. The molecule has 0 heterocycles. The lowest BCUT2D eigenvalue weighted by atomic mass is 9.34. The van der Waals surface area contributed by atoms with Gasteiger partial charge in [-0.05, 0) is 91.6 Å². The second-order valence-corrected chi connectivity index (χ2v) is 14.6. The molecule has 0 amide bonds. The van der Waals surface area contributed by atoms with Crippen LogP contribution in [0.15, 0.2) is 23.3 Å². The Morgan fingerprint density at radius 2 is 1.72 bits per heavy atom. The van der Waals surface area contributed by atoms with Crippen molar-refractivity contribution in [3.05, 3.63) is 23.3 Å². The SMILES string of the molecule is CNC[C@]12CC[C@@H](C)[C@H](C)[C@H]1[C@H]1C(=O)C=C3[C@@]4(C)C=C(C#N)C(=O)C(C)(C)[C@@H]4CC[C@@]3(C)[C@]1(C)CC2. The molecule has 0 radical (unpaired) electrons. The number of carbonyl (C=O) groups excluding carboxylic acids is 2. The van der Waals surface area contributed by atoms with Crippen LogP contribution >= 0.6 is 0 Å². The largest absolute Gasteiger partial charge is 0.319 e. The fourth-order valence-electron chi connectivity index (χ4n) is 10.7. The molecule has 0 saturated heterocycles. The average Bonchev–Trinajstić information content (AvgIpc) is 2.81. The first-order chi connectivity index (χ1) is 16.7. The molecule has 196 valence electrons. The molecule has 4 heteroatoms. The summed E-state index contributed by atoms with van der Waals surface area (Å²) in [6, 6.07) is 2.21. The van der Waals surface area contributed by atoms with Gasteiger partial charge < -0.3 is 5.32 Å². The number of allylic oxidation sites excluding steroid dienone is 4. The third kappa shape index (κ3) is 2.96. The number of carbonyl (C=O) groups is 2. The number of hydrogen-bond donors (Lipinski definition) is 1. The smallest absolute Gasteiger partial charge is 0.178 e. The van der Waals surface area contributed by atoms with Crippen LogP contribution in [-0.2, 0) is 9.59 Å². The summed E-state index contributed by atoms with van der Waals surface area (Å²) in [6.07, 6.45) is 10.6. The maximum Gasteiger partial charge on any atom is 0.178 e.